The fourth-order valence-corrected chi connectivity index (χ4v) is 5.04. The summed E-state index contributed by atoms with van der Waals surface area (Å²) in [6.07, 6.45) is 11.0. The van der Waals surface area contributed by atoms with Crippen LogP contribution in [0.4, 0.5) is 11.9 Å². The largest absolute Gasteiger partial charge is 0.351 e. The van der Waals surface area contributed by atoms with E-state index in [0.29, 0.717) is 24.1 Å². The first-order valence-corrected chi connectivity index (χ1v) is 11.8. The van der Waals surface area contributed by atoms with Gasteiger partial charge in [-0.15, -0.1) is 0 Å². The van der Waals surface area contributed by atoms with Crippen LogP contribution in [0.5, 0.6) is 0 Å². The molecule has 0 saturated heterocycles. The van der Waals surface area contributed by atoms with Crippen LogP contribution >= 0.6 is 0 Å². The van der Waals surface area contributed by atoms with Crippen molar-refractivity contribution >= 4 is 23.1 Å². The third-order valence-electron chi connectivity index (χ3n) is 6.87. The molecule has 2 saturated carbocycles. The summed E-state index contributed by atoms with van der Waals surface area (Å²) in [6.45, 7) is 2.18. The van der Waals surface area contributed by atoms with E-state index < -0.39 is 0 Å². The van der Waals surface area contributed by atoms with Crippen LogP contribution in [-0.4, -0.2) is 31.6 Å². The maximum absolute atomic E-state index is 6.06. The van der Waals surface area contributed by atoms with Crippen molar-refractivity contribution < 1.29 is 0 Å². The van der Waals surface area contributed by atoms with E-state index in [2.05, 4.69) is 51.4 Å². The van der Waals surface area contributed by atoms with Gasteiger partial charge < -0.3 is 16.4 Å². The van der Waals surface area contributed by atoms with Gasteiger partial charge in [-0.2, -0.15) is 4.98 Å². The Morgan fingerprint density at radius 1 is 1.00 bits per heavy atom. The third-order valence-corrected chi connectivity index (χ3v) is 6.87. The molecule has 2 aromatic heterocycles. The minimum Gasteiger partial charge on any atom is -0.351 e. The Kier molecular flexibility index (Phi) is 5.76. The second-order valence-corrected chi connectivity index (χ2v) is 9.18. The van der Waals surface area contributed by atoms with Crippen LogP contribution in [0.3, 0.4) is 0 Å². The normalized spacial score (nSPS) is 23.2. The summed E-state index contributed by atoms with van der Waals surface area (Å²) in [5.74, 6) is 1.60. The average molecular weight is 420 g/mol. The van der Waals surface area contributed by atoms with Crippen LogP contribution < -0.4 is 16.4 Å². The molecule has 0 bridgehead atoms. The minimum atomic E-state index is 0.162. The number of nitrogens with one attached hydrogen (secondary N) is 2. The van der Waals surface area contributed by atoms with Crippen molar-refractivity contribution in [1.29, 1.82) is 0 Å². The van der Waals surface area contributed by atoms with Crippen molar-refractivity contribution in [2.24, 2.45) is 5.73 Å². The van der Waals surface area contributed by atoms with Gasteiger partial charge >= 0.3 is 0 Å². The maximum Gasteiger partial charge on any atom is 0.224 e. The number of hydrogen-bond donors (Lipinski definition) is 3. The van der Waals surface area contributed by atoms with E-state index in [0.717, 1.165) is 42.8 Å². The van der Waals surface area contributed by atoms with E-state index in [1.807, 2.05) is 12.3 Å². The number of aromatic nitrogens is 4. The molecule has 31 heavy (non-hydrogen) atoms. The SMILES string of the molecule is CC(Nc1nc2cnc(NC3CCC(N)CC3)nc2n1C1CCCC1)c1ccccc1. The minimum absolute atomic E-state index is 0.162. The van der Waals surface area contributed by atoms with E-state index in [9.17, 15) is 0 Å². The van der Waals surface area contributed by atoms with Crippen LogP contribution in [0.1, 0.15) is 75.9 Å². The molecule has 2 heterocycles. The van der Waals surface area contributed by atoms with Crippen molar-refractivity contribution in [3.05, 3.63) is 42.1 Å². The number of imidazole rings is 1. The van der Waals surface area contributed by atoms with Gasteiger partial charge in [0.25, 0.3) is 0 Å². The number of nitrogens with two attached hydrogens (primary N) is 1. The highest BCUT2D eigenvalue weighted by molar-refractivity contribution is 5.75. The fourth-order valence-electron chi connectivity index (χ4n) is 5.04. The standard InChI is InChI=1S/C24H33N7/c1-16(17-7-3-2-4-8-17)27-24-29-21-15-26-23(28-19-13-11-18(25)12-14-19)30-22(21)31(24)20-9-5-6-10-20/h2-4,7-8,15-16,18-20H,5-6,9-14,25H2,1H3,(H,27,29)(H,26,28,30). The molecule has 0 amide bonds. The van der Waals surface area contributed by atoms with Crippen molar-refractivity contribution in [2.45, 2.75) is 82.5 Å². The van der Waals surface area contributed by atoms with Gasteiger partial charge in [0.05, 0.1) is 12.2 Å². The van der Waals surface area contributed by atoms with Crippen LogP contribution in [0.25, 0.3) is 11.2 Å². The van der Waals surface area contributed by atoms with Crippen LogP contribution in [0.15, 0.2) is 36.5 Å². The summed E-state index contributed by atoms with van der Waals surface area (Å²) in [6, 6.07) is 11.8. The predicted octanol–water partition coefficient (Wildman–Crippen LogP) is 4.80. The van der Waals surface area contributed by atoms with E-state index in [1.165, 1.54) is 31.2 Å². The van der Waals surface area contributed by atoms with Gasteiger partial charge in [-0.25, -0.2) is 9.97 Å². The molecule has 4 N–H and O–H groups in total. The molecule has 2 aliphatic carbocycles. The monoisotopic (exact) mass is 419 g/mol. The van der Waals surface area contributed by atoms with E-state index >= 15 is 0 Å². The summed E-state index contributed by atoms with van der Waals surface area (Å²) < 4.78 is 2.32. The lowest BCUT2D eigenvalue weighted by Gasteiger charge is -2.26. The average Bonchev–Trinajstić information content (AvgIpc) is 3.43. The van der Waals surface area contributed by atoms with Gasteiger partial charge in [0, 0.05) is 18.1 Å². The summed E-state index contributed by atoms with van der Waals surface area (Å²) in [5, 5.41) is 7.20. The summed E-state index contributed by atoms with van der Waals surface area (Å²) in [5.41, 5.74) is 9.09. The van der Waals surface area contributed by atoms with Crippen molar-refractivity contribution in [3.63, 3.8) is 0 Å². The number of benzene rings is 1. The Hall–Kier alpha value is -2.67. The van der Waals surface area contributed by atoms with Gasteiger partial charge in [-0.05, 0) is 51.0 Å². The first kappa shape index (κ1) is 20.2. The number of anilines is 2. The Morgan fingerprint density at radius 3 is 2.48 bits per heavy atom. The number of fused-ring (bicyclic) bond motifs is 1. The first-order valence-electron chi connectivity index (χ1n) is 11.8. The summed E-state index contributed by atoms with van der Waals surface area (Å²) >= 11 is 0. The van der Waals surface area contributed by atoms with Crippen molar-refractivity contribution in [3.8, 4) is 0 Å². The van der Waals surface area contributed by atoms with Crippen molar-refractivity contribution in [1.82, 2.24) is 19.5 Å². The summed E-state index contributed by atoms with van der Waals surface area (Å²) in [4.78, 5) is 14.4. The molecule has 7 heteroatoms. The highest BCUT2D eigenvalue weighted by Gasteiger charge is 2.25. The van der Waals surface area contributed by atoms with E-state index in [1.54, 1.807) is 0 Å². The quantitative estimate of drug-likeness (QED) is 0.531. The molecule has 0 spiro atoms. The van der Waals surface area contributed by atoms with Gasteiger partial charge in [0.1, 0.15) is 5.52 Å². The molecule has 1 atom stereocenters. The smallest absolute Gasteiger partial charge is 0.224 e. The van der Waals surface area contributed by atoms with E-state index in [-0.39, 0.29) is 6.04 Å². The highest BCUT2D eigenvalue weighted by Crippen LogP contribution is 2.36. The number of hydrogen-bond acceptors (Lipinski definition) is 6. The van der Waals surface area contributed by atoms with Gasteiger partial charge in [0.2, 0.25) is 11.9 Å². The lowest BCUT2D eigenvalue weighted by molar-refractivity contribution is 0.410. The molecule has 1 aromatic carbocycles. The second-order valence-electron chi connectivity index (χ2n) is 9.18. The van der Waals surface area contributed by atoms with Crippen LogP contribution in [-0.2, 0) is 0 Å². The highest BCUT2D eigenvalue weighted by atomic mass is 15.3. The topological polar surface area (TPSA) is 93.7 Å². The molecule has 0 radical (unpaired) electrons. The van der Waals surface area contributed by atoms with Crippen LogP contribution in [0.2, 0.25) is 0 Å². The molecular weight excluding hydrogens is 386 g/mol. The Bertz CT molecular complexity index is 1000. The second kappa shape index (κ2) is 8.83. The Balaban J connectivity index is 1.45. The molecule has 2 fully saturated rings. The maximum atomic E-state index is 6.06. The molecule has 0 aliphatic heterocycles. The van der Waals surface area contributed by atoms with Gasteiger partial charge in [0.15, 0.2) is 5.65 Å². The number of rotatable bonds is 6. The predicted molar refractivity (Wildman–Crippen MR) is 125 cm³/mol. The van der Waals surface area contributed by atoms with Crippen molar-refractivity contribution in [2.75, 3.05) is 10.6 Å². The first-order chi connectivity index (χ1) is 15.2. The zero-order chi connectivity index (χ0) is 21.2. The zero-order valence-corrected chi connectivity index (χ0v) is 18.3. The zero-order valence-electron chi connectivity index (χ0n) is 18.3. The number of nitrogens with zero attached hydrogens (tertiary/aromatic N) is 4. The Labute approximate surface area is 183 Å². The van der Waals surface area contributed by atoms with Gasteiger partial charge in [-0.3, -0.25) is 4.57 Å². The fraction of sp³-hybridized carbons (Fsp3) is 0.542. The summed E-state index contributed by atoms with van der Waals surface area (Å²) in [7, 11) is 0. The molecule has 2 aliphatic rings. The molecule has 164 valence electrons. The van der Waals surface area contributed by atoms with E-state index in [4.69, 9.17) is 15.7 Å². The lowest BCUT2D eigenvalue weighted by atomic mass is 9.92. The lowest BCUT2D eigenvalue weighted by Crippen LogP contribution is -2.33. The molecule has 5 rings (SSSR count). The Morgan fingerprint density at radius 2 is 1.74 bits per heavy atom. The third kappa shape index (κ3) is 4.37. The molecular formula is C24H33N7. The molecule has 7 nitrogen and oxygen atoms in total. The molecule has 1 unspecified atom stereocenters. The molecule has 3 aromatic rings. The van der Waals surface area contributed by atoms with Crippen LogP contribution in [0, 0.1) is 0 Å². The van der Waals surface area contributed by atoms with Gasteiger partial charge in [-0.1, -0.05) is 43.2 Å².